The molecule has 1 aromatic carbocycles. The molecule has 2 rings (SSSR count). The summed E-state index contributed by atoms with van der Waals surface area (Å²) >= 11 is 2.43. The molecule has 1 nitrogen and oxygen atoms in total. The monoisotopic (exact) mass is 415 g/mol. The Labute approximate surface area is 128 Å². The maximum atomic E-state index is 9.11. The maximum absolute atomic E-state index is 9.11. The van der Waals surface area contributed by atoms with Gasteiger partial charge in [0.2, 0.25) is 0 Å². The molecule has 0 N–H and O–H groups in total. The number of nitrogens with zero attached hydrogens (tertiary/aromatic N) is 1. The number of halogens is 1. The van der Waals surface area contributed by atoms with Gasteiger partial charge in [0, 0.05) is 0 Å². The van der Waals surface area contributed by atoms with Gasteiger partial charge >= 0.3 is 129 Å². The number of benzene rings is 1. The Bertz CT molecular complexity index is 551. The van der Waals surface area contributed by atoms with Crippen molar-refractivity contribution in [1.29, 1.82) is 5.26 Å². The van der Waals surface area contributed by atoms with E-state index in [1.54, 1.807) is 0 Å². The van der Waals surface area contributed by atoms with E-state index in [1.165, 1.54) is 22.3 Å². The predicted molar refractivity (Wildman–Crippen MR) is 85.6 cm³/mol. The van der Waals surface area contributed by atoms with Crippen LogP contribution in [0.1, 0.15) is 24.5 Å². The van der Waals surface area contributed by atoms with Gasteiger partial charge in [0.15, 0.2) is 0 Å². The molecule has 0 saturated carbocycles. The standard InChI is InChI=1S/C15H14INSe/c1-11-3-6-13(7-4-11)14-8-5-12(2)9-15(14,16)18-10-17/h3-8H,9H2,1-2H3. The SMILES string of the molecule is CC1=CC=C(c2ccc(C)cc2)C(I)([Se]C#N)C1. The number of alkyl halides is 1. The second kappa shape index (κ2) is 5.61. The third-order valence-corrected chi connectivity index (χ3v) is 6.75. The average molecular weight is 414 g/mol. The Morgan fingerprint density at radius 1 is 1.22 bits per heavy atom. The summed E-state index contributed by atoms with van der Waals surface area (Å²) in [5, 5.41) is 9.11. The van der Waals surface area contributed by atoms with Gasteiger partial charge < -0.3 is 0 Å². The molecule has 1 aromatic rings. The molecule has 1 atom stereocenters. The fourth-order valence-corrected chi connectivity index (χ4v) is 5.23. The van der Waals surface area contributed by atoms with Crippen molar-refractivity contribution in [3.63, 3.8) is 0 Å². The Hall–Kier alpha value is -0.561. The zero-order valence-electron chi connectivity index (χ0n) is 10.4. The fraction of sp³-hybridized carbons (Fsp3) is 0.267. The minimum atomic E-state index is -0.0419. The third kappa shape index (κ3) is 2.88. The summed E-state index contributed by atoms with van der Waals surface area (Å²) in [5.74, 6) is 0. The van der Waals surface area contributed by atoms with Crippen LogP contribution in [0.2, 0.25) is 0 Å². The molecule has 3 heteroatoms. The molecule has 0 heterocycles. The Morgan fingerprint density at radius 3 is 2.50 bits per heavy atom. The number of hydrogen-bond donors (Lipinski definition) is 0. The second-order valence-electron chi connectivity index (χ2n) is 4.56. The summed E-state index contributed by atoms with van der Waals surface area (Å²) in [5.41, 5.74) is 5.18. The molecule has 0 radical (unpaired) electrons. The van der Waals surface area contributed by atoms with Gasteiger partial charge in [-0.15, -0.1) is 0 Å². The zero-order valence-corrected chi connectivity index (χ0v) is 14.3. The van der Waals surface area contributed by atoms with Crippen LogP contribution in [0.25, 0.3) is 5.57 Å². The van der Waals surface area contributed by atoms with E-state index in [0.717, 1.165) is 6.42 Å². The third-order valence-electron chi connectivity index (χ3n) is 3.01. The first kappa shape index (κ1) is 13.9. The normalized spacial score (nSPS) is 23.0. The molecule has 1 aliphatic rings. The van der Waals surface area contributed by atoms with E-state index in [0.29, 0.717) is 0 Å². The van der Waals surface area contributed by atoms with Crippen molar-refractivity contribution in [2.75, 3.05) is 0 Å². The van der Waals surface area contributed by atoms with Crippen LogP contribution < -0.4 is 0 Å². The Morgan fingerprint density at radius 2 is 1.89 bits per heavy atom. The van der Waals surface area contributed by atoms with E-state index in [2.05, 4.69) is 77.8 Å². The second-order valence-corrected chi connectivity index (χ2v) is 10.3. The van der Waals surface area contributed by atoms with Crippen LogP contribution >= 0.6 is 22.6 Å². The van der Waals surface area contributed by atoms with Gasteiger partial charge in [-0.2, -0.15) is 0 Å². The van der Waals surface area contributed by atoms with Crippen molar-refractivity contribution in [2.45, 2.75) is 22.6 Å². The number of allylic oxidation sites excluding steroid dienone is 4. The molecular weight excluding hydrogens is 400 g/mol. The summed E-state index contributed by atoms with van der Waals surface area (Å²) in [7, 11) is 0. The summed E-state index contributed by atoms with van der Waals surface area (Å²) in [6.45, 7) is 4.24. The summed E-state index contributed by atoms with van der Waals surface area (Å²) in [4.78, 5) is 2.40. The van der Waals surface area contributed by atoms with Crippen LogP contribution in [0.4, 0.5) is 0 Å². The topological polar surface area (TPSA) is 23.8 Å². The van der Waals surface area contributed by atoms with Crippen molar-refractivity contribution < 1.29 is 0 Å². The summed E-state index contributed by atoms with van der Waals surface area (Å²) in [6.07, 6.45) is 5.36. The first-order valence-corrected chi connectivity index (χ1v) is 8.55. The van der Waals surface area contributed by atoms with Gasteiger partial charge in [-0.25, -0.2) is 0 Å². The van der Waals surface area contributed by atoms with Crippen molar-refractivity contribution in [3.05, 3.63) is 53.1 Å². The van der Waals surface area contributed by atoms with Gasteiger partial charge in [0.05, 0.1) is 0 Å². The molecule has 0 amide bonds. The van der Waals surface area contributed by atoms with E-state index in [-0.39, 0.29) is 17.3 Å². The van der Waals surface area contributed by atoms with Crippen LogP contribution in [0.15, 0.2) is 42.0 Å². The van der Waals surface area contributed by atoms with Gasteiger partial charge in [-0.1, -0.05) is 0 Å². The van der Waals surface area contributed by atoms with Crippen molar-refractivity contribution >= 4 is 43.1 Å². The zero-order chi connectivity index (χ0) is 13.2. The van der Waals surface area contributed by atoms with Gasteiger partial charge in [-0.05, 0) is 0 Å². The molecule has 0 fully saturated rings. The molecule has 0 saturated heterocycles. The van der Waals surface area contributed by atoms with Gasteiger partial charge in [-0.3, -0.25) is 0 Å². The van der Waals surface area contributed by atoms with Crippen LogP contribution in [0.3, 0.4) is 0 Å². The molecule has 1 aliphatic carbocycles. The van der Waals surface area contributed by atoms with Gasteiger partial charge in [0.25, 0.3) is 0 Å². The molecule has 92 valence electrons. The van der Waals surface area contributed by atoms with Gasteiger partial charge in [0.1, 0.15) is 0 Å². The van der Waals surface area contributed by atoms with Crippen LogP contribution in [0.5, 0.6) is 0 Å². The summed E-state index contributed by atoms with van der Waals surface area (Å²) in [6, 6.07) is 8.60. The first-order valence-electron chi connectivity index (χ1n) is 5.76. The van der Waals surface area contributed by atoms with E-state index in [9.17, 15) is 0 Å². The van der Waals surface area contributed by atoms with E-state index in [4.69, 9.17) is 5.26 Å². The minimum absolute atomic E-state index is 0.0202. The predicted octanol–water partition coefficient (Wildman–Crippen LogP) is 4.05. The van der Waals surface area contributed by atoms with Crippen LogP contribution in [0, 0.1) is 17.2 Å². The van der Waals surface area contributed by atoms with Crippen LogP contribution in [-0.4, -0.2) is 17.3 Å². The first-order chi connectivity index (χ1) is 8.55. The molecule has 0 bridgehead atoms. The number of rotatable bonds is 2. The molecule has 18 heavy (non-hydrogen) atoms. The van der Waals surface area contributed by atoms with E-state index < -0.39 is 0 Å². The van der Waals surface area contributed by atoms with Crippen molar-refractivity contribution in [2.24, 2.45) is 0 Å². The van der Waals surface area contributed by atoms with E-state index in [1.807, 2.05) is 0 Å². The Kier molecular flexibility index (Phi) is 4.32. The molecule has 0 aliphatic heterocycles. The number of hydrogen-bond acceptors (Lipinski definition) is 1. The number of aryl methyl sites for hydroxylation is 1. The molecule has 0 aromatic heterocycles. The molecule has 0 spiro atoms. The average Bonchev–Trinajstić information content (AvgIpc) is 2.31. The molecular formula is C15H14INSe. The van der Waals surface area contributed by atoms with Crippen molar-refractivity contribution in [3.8, 4) is 4.97 Å². The van der Waals surface area contributed by atoms with Crippen LogP contribution in [-0.2, 0) is 0 Å². The van der Waals surface area contributed by atoms with Crippen molar-refractivity contribution in [1.82, 2.24) is 0 Å². The fourth-order valence-electron chi connectivity index (χ4n) is 2.07. The Balaban J connectivity index is 2.45. The summed E-state index contributed by atoms with van der Waals surface area (Å²) < 4.78 is -0.0202. The van der Waals surface area contributed by atoms with E-state index >= 15 is 0 Å². The number of nitriles is 1. The quantitative estimate of drug-likeness (QED) is 0.407. The molecule has 1 unspecified atom stereocenters.